The van der Waals surface area contributed by atoms with Crippen LogP contribution in [0.25, 0.3) is 9.53 Å². The van der Waals surface area contributed by atoms with E-state index in [0.717, 1.165) is 37.4 Å². The van der Waals surface area contributed by atoms with Crippen LogP contribution in [0.3, 0.4) is 0 Å². The van der Waals surface area contributed by atoms with Crippen molar-refractivity contribution < 1.29 is 13.9 Å². The van der Waals surface area contributed by atoms with Crippen LogP contribution in [0.15, 0.2) is 75.1 Å². The molecule has 0 saturated heterocycles. The number of hydrogen-bond acceptors (Lipinski definition) is 10. The predicted octanol–water partition coefficient (Wildman–Crippen LogP) is 10.2. The van der Waals surface area contributed by atoms with E-state index in [1.165, 1.54) is 22.7 Å². The Morgan fingerprint density at radius 1 is 0.846 bits per heavy atom. The number of thiophene rings is 1. The minimum atomic E-state index is -1.84. The first-order valence-corrected chi connectivity index (χ1v) is 17.4. The molecule has 0 saturated carbocycles. The average molecular weight is 582 g/mol. The van der Waals surface area contributed by atoms with Crippen molar-refractivity contribution in [1.82, 2.24) is 4.98 Å². The number of ether oxygens (including phenoxy) is 2. The molecule has 2 aromatic carbocycles. The monoisotopic (exact) mass is 581 g/mol. The molecular formula is C28H35N5O3S2Si. The van der Waals surface area contributed by atoms with Crippen LogP contribution in [-0.4, -0.2) is 33.6 Å². The average Bonchev–Trinajstić information content (AvgIpc) is 3.48. The van der Waals surface area contributed by atoms with Gasteiger partial charge in [-0.2, -0.15) is 0 Å². The van der Waals surface area contributed by atoms with Gasteiger partial charge in [0.2, 0.25) is 5.13 Å². The lowest BCUT2D eigenvalue weighted by Gasteiger charge is -2.42. The van der Waals surface area contributed by atoms with Crippen molar-refractivity contribution in [2.75, 3.05) is 20.3 Å². The molecule has 206 valence electrons. The van der Waals surface area contributed by atoms with Crippen LogP contribution < -0.4 is 9.47 Å². The van der Waals surface area contributed by atoms with Gasteiger partial charge in [-0.25, -0.2) is 4.98 Å². The summed E-state index contributed by atoms with van der Waals surface area (Å²) in [6.07, 6.45) is 0. The van der Waals surface area contributed by atoms with E-state index in [9.17, 15) is 0 Å². The number of thiazole rings is 1. The zero-order valence-electron chi connectivity index (χ0n) is 23.5. The zero-order valence-corrected chi connectivity index (χ0v) is 26.1. The molecule has 0 spiro atoms. The molecule has 0 atom stereocenters. The quantitative estimate of drug-likeness (QED) is 0.0945. The molecule has 0 aliphatic rings. The zero-order chi connectivity index (χ0) is 28.0. The topological polar surface area (TPSA) is 90.0 Å². The summed E-state index contributed by atoms with van der Waals surface area (Å²) in [6, 6.07) is 17.0. The van der Waals surface area contributed by atoms with Crippen molar-refractivity contribution in [2.24, 2.45) is 26.4 Å². The molecule has 0 bridgehead atoms. The molecule has 4 rings (SSSR count). The Balaban J connectivity index is 1.27. The third-order valence-corrected chi connectivity index (χ3v) is 13.8. The van der Waals surface area contributed by atoms with Gasteiger partial charge in [0, 0.05) is 0 Å². The Bertz CT molecular complexity index is 1400. The Morgan fingerprint density at radius 2 is 1.46 bits per heavy atom. The second kappa shape index (κ2) is 12.5. The lowest BCUT2D eigenvalue weighted by atomic mass is 9.99. The number of rotatable bonds is 12. The van der Waals surface area contributed by atoms with Crippen molar-refractivity contribution in [3.63, 3.8) is 0 Å². The van der Waals surface area contributed by atoms with Gasteiger partial charge in [0.1, 0.15) is 27.9 Å². The first kappa shape index (κ1) is 29.0. The molecular weight excluding hydrogens is 547 g/mol. The number of benzene rings is 2. The fourth-order valence-electron chi connectivity index (χ4n) is 3.61. The van der Waals surface area contributed by atoms with Gasteiger partial charge in [-0.1, -0.05) is 50.4 Å². The van der Waals surface area contributed by atoms with Gasteiger partial charge in [0.05, 0.1) is 29.8 Å². The minimum absolute atomic E-state index is 0.193. The summed E-state index contributed by atoms with van der Waals surface area (Å²) in [5.74, 6) is 2.14. The summed E-state index contributed by atoms with van der Waals surface area (Å²) in [5, 5.41) is 18.8. The van der Waals surface area contributed by atoms with E-state index in [2.05, 4.69) is 66.2 Å². The van der Waals surface area contributed by atoms with E-state index < -0.39 is 8.32 Å². The number of nitrogens with zero attached hydrogens (tertiary/aromatic N) is 5. The second-order valence-corrected chi connectivity index (χ2v) is 17.0. The molecule has 0 radical (unpaired) electrons. The van der Waals surface area contributed by atoms with Crippen LogP contribution in [0.2, 0.25) is 18.1 Å². The highest BCUT2D eigenvalue weighted by Gasteiger charge is 2.43. The molecule has 0 aliphatic carbocycles. The van der Waals surface area contributed by atoms with Gasteiger partial charge in [0.15, 0.2) is 8.32 Å². The SMILES string of the molecule is COc1ccc(N=Nc2nc3sc(N=Nc4ccc(OCCO[Si](C)(C)C(C)(C)C(C)C)cc4)cc3s2)cc1. The van der Waals surface area contributed by atoms with Crippen LogP contribution in [0.5, 0.6) is 11.5 Å². The van der Waals surface area contributed by atoms with Crippen LogP contribution in [-0.2, 0) is 4.43 Å². The summed E-state index contributed by atoms with van der Waals surface area (Å²) in [5.41, 5.74) is 1.49. The van der Waals surface area contributed by atoms with E-state index in [-0.39, 0.29) is 5.04 Å². The van der Waals surface area contributed by atoms with Crippen molar-refractivity contribution in [3.05, 3.63) is 54.6 Å². The minimum Gasteiger partial charge on any atom is -0.497 e. The summed E-state index contributed by atoms with van der Waals surface area (Å²) in [7, 11) is -0.208. The van der Waals surface area contributed by atoms with Crippen molar-refractivity contribution in [3.8, 4) is 11.5 Å². The van der Waals surface area contributed by atoms with E-state index in [1.54, 1.807) is 7.11 Å². The van der Waals surface area contributed by atoms with Gasteiger partial charge in [-0.15, -0.1) is 20.5 Å². The first-order chi connectivity index (χ1) is 18.6. The van der Waals surface area contributed by atoms with Crippen LogP contribution in [0.4, 0.5) is 21.5 Å². The second-order valence-electron chi connectivity index (χ2n) is 10.4. The molecule has 2 aromatic heterocycles. The Kier molecular flexibility index (Phi) is 9.26. The molecule has 11 heteroatoms. The Hall–Kier alpha value is -2.99. The molecule has 0 unspecified atom stereocenters. The number of aromatic nitrogens is 1. The molecule has 0 N–H and O–H groups in total. The highest BCUT2D eigenvalue weighted by molar-refractivity contribution is 7.30. The molecule has 0 amide bonds. The summed E-state index contributed by atoms with van der Waals surface area (Å²) in [4.78, 5) is 5.41. The summed E-state index contributed by atoms with van der Waals surface area (Å²) < 4.78 is 18.4. The van der Waals surface area contributed by atoms with Crippen molar-refractivity contribution >= 4 is 62.0 Å². The van der Waals surface area contributed by atoms with Crippen LogP contribution in [0, 0.1) is 5.92 Å². The lowest BCUT2D eigenvalue weighted by molar-refractivity contribution is 0.196. The fourth-order valence-corrected chi connectivity index (χ4v) is 7.81. The molecule has 39 heavy (non-hydrogen) atoms. The number of hydrogen-bond donors (Lipinski definition) is 0. The van der Waals surface area contributed by atoms with Crippen LogP contribution >= 0.6 is 22.7 Å². The highest BCUT2D eigenvalue weighted by Crippen LogP contribution is 2.44. The third-order valence-electron chi connectivity index (χ3n) is 7.30. The molecule has 0 fully saturated rings. The molecule has 0 aliphatic heterocycles. The Labute approximate surface area is 238 Å². The third kappa shape index (κ3) is 7.36. The lowest BCUT2D eigenvalue weighted by Crippen LogP contribution is -2.45. The normalized spacial score (nSPS) is 12.8. The molecule has 8 nitrogen and oxygen atoms in total. The number of azo groups is 2. The molecule has 4 aromatic rings. The Morgan fingerprint density at radius 3 is 2.05 bits per heavy atom. The standard InChI is InChI=1S/C28H35N5O3S2Si/c1-19(2)28(3,4)39(6,7)36-17-16-35-23-14-10-20(11-15-23)30-32-25-18-24-26(38-25)29-27(37-24)33-31-21-8-12-22(34-5)13-9-21/h8-15,18-19H,16-17H2,1-7H3. The van der Waals surface area contributed by atoms with Crippen LogP contribution in [0.1, 0.15) is 27.7 Å². The maximum absolute atomic E-state index is 6.32. The van der Waals surface area contributed by atoms with E-state index in [4.69, 9.17) is 13.9 Å². The van der Waals surface area contributed by atoms with Crippen molar-refractivity contribution in [1.29, 1.82) is 0 Å². The summed E-state index contributed by atoms with van der Waals surface area (Å²) >= 11 is 2.94. The van der Waals surface area contributed by atoms with Gasteiger partial charge < -0.3 is 13.9 Å². The van der Waals surface area contributed by atoms with E-state index >= 15 is 0 Å². The predicted molar refractivity (Wildman–Crippen MR) is 163 cm³/mol. The van der Waals surface area contributed by atoms with E-state index in [1.807, 2.05) is 54.6 Å². The maximum atomic E-state index is 6.32. The maximum Gasteiger partial charge on any atom is 0.231 e. The smallest absolute Gasteiger partial charge is 0.231 e. The van der Waals surface area contributed by atoms with Gasteiger partial charge >= 0.3 is 0 Å². The summed E-state index contributed by atoms with van der Waals surface area (Å²) in [6.45, 7) is 14.8. The van der Waals surface area contributed by atoms with Gasteiger partial charge in [-0.05, 0) is 78.6 Å². The largest absolute Gasteiger partial charge is 0.497 e. The van der Waals surface area contributed by atoms with Gasteiger partial charge in [0.25, 0.3) is 0 Å². The molecule has 2 heterocycles. The van der Waals surface area contributed by atoms with E-state index in [0.29, 0.717) is 24.3 Å². The highest BCUT2D eigenvalue weighted by atomic mass is 32.1. The first-order valence-electron chi connectivity index (χ1n) is 12.8. The number of methoxy groups -OCH3 is 1. The van der Waals surface area contributed by atoms with Gasteiger partial charge in [-0.3, -0.25) is 0 Å². The fraction of sp³-hybridized carbons (Fsp3) is 0.393. The van der Waals surface area contributed by atoms with Crippen molar-refractivity contribution in [2.45, 2.75) is 45.8 Å². The number of fused-ring (bicyclic) bond motifs is 1.